The number of rotatable bonds is 8. The van der Waals surface area contributed by atoms with Gasteiger partial charge in [0.05, 0.1) is 12.5 Å². The fourth-order valence-electron chi connectivity index (χ4n) is 2.04. The lowest BCUT2D eigenvalue weighted by Crippen LogP contribution is -2.27. The van der Waals surface area contributed by atoms with Crippen molar-refractivity contribution in [1.82, 2.24) is 14.9 Å². The third kappa shape index (κ3) is 4.70. The first kappa shape index (κ1) is 16.2. The predicted octanol–water partition coefficient (Wildman–Crippen LogP) is 2.66. The Morgan fingerprint density at radius 2 is 2.09 bits per heavy atom. The summed E-state index contributed by atoms with van der Waals surface area (Å²) >= 11 is 0. The molecule has 0 aliphatic rings. The molecular weight excluding hydrogens is 278 g/mol. The summed E-state index contributed by atoms with van der Waals surface area (Å²) in [4.78, 5) is 16.3. The zero-order valence-electron chi connectivity index (χ0n) is 13.2. The molecule has 0 aliphatic carbocycles. The van der Waals surface area contributed by atoms with Crippen molar-refractivity contribution in [3.8, 4) is 5.69 Å². The molecule has 118 valence electrons. The molecule has 0 unspecified atom stereocenters. The normalized spacial score (nSPS) is 10.9. The van der Waals surface area contributed by atoms with Gasteiger partial charge >= 0.3 is 0 Å². The molecule has 1 aromatic heterocycles. The highest BCUT2D eigenvalue weighted by atomic mass is 16.5. The minimum absolute atomic E-state index is 0.120. The Balaban J connectivity index is 1.83. The van der Waals surface area contributed by atoms with Crippen molar-refractivity contribution in [3.63, 3.8) is 0 Å². The Hall–Kier alpha value is -2.14. The third-order valence-corrected chi connectivity index (χ3v) is 3.11. The van der Waals surface area contributed by atoms with E-state index in [9.17, 15) is 4.79 Å². The molecule has 22 heavy (non-hydrogen) atoms. The number of nitrogens with zero attached hydrogens (tertiary/aromatic N) is 2. The first-order valence-electron chi connectivity index (χ1n) is 7.62. The van der Waals surface area contributed by atoms with Gasteiger partial charge in [0.15, 0.2) is 0 Å². The molecule has 0 spiro atoms. The zero-order chi connectivity index (χ0) is 15.8. The molecule has 0 saturated carbocycles. The number of carbonyl (C=O) groups is 1. The van der Waals surface area contributed by atoms with Gasteiger partial charge in [-0.2, -0.15) is 0 Å². The van der Waals surface area contributed by atoms with E-state index in [2.05, 4.69) is 24.1 Å². The van der Waals surface area contributed by atoms with E-state index in [1.807, 2.05) is 30.3 Å². The van der Waals surface area contributed by atoms with Crippen LogP contribution in [0.2, 0.25) is 0 Å². The van der Waals surface area contributed by atoms with Crippen LogP contribution in [0.3, 0.4) is 0 Å². The van der Waals surface area contributed by atoms with Crippen LogP contribution in [0, 0.1) is 5.92 Å². The maximum Gasteiger partial charge on any atom is 0.269 e. The SMILES string of the molecule is CC(C)COCCCNC(=O)c1cncn1-c1ccccc1. The van der Waals surface area contributed by atoms with E-state index < -0.39 is 0 Å². The van der Waals surface area contributed by atoms with E-state index in [0.717, 1.165) is 18.7 Å². The van der Waals surface area contributed by atoms with Gasteiger partial charge in [-0.05, 0) is 24.5 Å². The van der Waals surface area contributed by atoms with Crippen molar-refractivity contribution in [2.45, 2.75) is 20.3 Å². The summed E-state index contributed by atoms with van der Waals surface area (Å²) in [5.41, 5.74) is 1.46. The lowest BCUT2D eigenvalue weighted by Gasteiger charge is -2.09. The van der Waals surface area contributed by atoms with Crippen molar-refractivity contribution < 1.29 is 9.53 Å². The molecule has 0 aliphatic heterocycles. The van der Waals surface area contributed by atoms with E-state index in [1.54, 1.807) is 17.1 Å². The number of nitrogens with one attached hydrogen (secondary N) is 1. The fraction of sp³-hybridized carbons (Fsp3) is 0.412. The van der Waals surface area contributed by atoms with Crippen LogP contribution < -0.4 is 5.32 Å². The second kappa shape index (κ2) is 8.34. The predicted molar refractivity (Wildman–Crippen MR) is 86.2 cm³/mol. The molecule has 1 heterocycles. The van der Waals surface area contributed by atoms with Gasteiger partial charge in [-0.15, -0.1) is 0 Å². The minimum atomic E-state index is -0.120. The molecular formula is C17H23N3O2. The van der Waals surface area contributed by atoms with E-state index in [1.165, 1.54) is 0 Å². The van der Waals surface area contributed by atoms with Gasteiger partial charge < -0.3 is 10.1 Å². The van der Waals surface area contributed by atoms with Crippen LogP contribution in [0.1, 0.15) is 30.8 Å². The van der Waals surface area contributed by atoms with Gasteiger partial charge in [0, 0.05) is 25.4 Å². The highest BCUT2D eigenvalue weighted by Crippen LogP contribution is 2.10. The Morgan fingerprint density at radius 3 is 2.82 bits per heavy atom. The zero-order valence-corrected chi connectivity index (χ0v) is 13.2. The summed E-state index contributed by atoms with van der Waals surface area (Å²) in [6, 6.07) is 9.69. The van der Waals surface area contributed by atoms with Gasteiger partial charge in [0.1, 0.15) is 5.69 Å². The average Bonchev–Trinajstić information content (AvgIpc) is 3.00. The standard InChI is InChI=1S/C17H23N3O2/c1-14(2)12-22-10-6-9-19-17(21)16-11-18-13-20(16)15-7-4-3-5-8-15/h3-5,7-8,11,13-14H,6,9-10,12H2,1-2H3,(H,19,21). The highest BCUT2D eigenvalue weighted by Gasteiger charge is 2.12. The van der Waals surface area contributed by atoms with Crippen LogP contribution in [0.5, 0.6) is 0 Å². The van der Waals surface area contributed by atoms with Gasteiger partial charge in [-0.3, -0.25) is 9.36 Å². The van der Waals surface area contributed by atoms with Crippen LogP contribution in [0.4, 0.5) is 0 Å². The second-order valence-corrected chi connectivity index (χ2v) is 5.56. The molecule has 2 rings (SSSR count). The summed E-state index contributed by atoms with van der Waals surface area (Å²) < 4.78 is 7.27. The number of hydrogen-bond acceptors (Lipinski definition) is 3. The summed E-state index contributed by atoms with van der Waals surface area (Å²) in [7, 11) is 0. The third-order valence-electron chi connectivity index (χ3n) is 3.11. The van der Waals surface area contributed by atoms with Gasteiger partial charge in [0.2, 0.25) is 0 Å². The van der Waals surface area contributed by atoms with Gasteiger partial charge in [0.25, 0.3) is 5.91 Å². The van der Waals surface area contributed by atoms with E-state index >= 15 is 0 Å². The van der Waals surface area contributed by atoms with Crippen molar-refractivity contribution in [1.29, 1.82) is 0 Å². The number of para-hydroxylation sites is 1. The van der Waals surface area contributed by atoms with Crippen LogP contribution in [-0.2, 0) is 4.74 Å². The van der Waals surface area contributed by atoms with Gasteiger partial charge in [-0.1, -0.05) is 32.0 Å². The van der Waals surface area contributed by atoms with Crippen molar-refractivity contribution in [3.05, 3.63) is 48.5 Å². The smallest absolute Gasteiger partial charge is 0.269 e. The number of benzene rings is 1. The maximum absolute atomic E-state index is 12.2. The average molecular weight is 301 g/mol. The van der Waals surface area contributed by atoms with Crippen molar-refractivity contribution in [2.24, 2.45) is 5.92 Å². The van der Waals surface area contributed by atoms with Gasteiger partial charge in [-0.25, -0.2) is 4.98 Å². The molecule has 0 atom stereocenters. The van der Waals surface area contributed by atoms with Crippen molar-refractivity contribution >= 4 is 5.91 Å². The number of hydrogen-bond donors (Lipinski definition) is 1. The molecule has 1 amide bonds. The van der Waals surface area contributed by atoms with Crippen LogP contribution >= 0.6 is 0 Å². The van der Waals surface area contributed by atoms with Crippen LogP contribution in [0.15, 0.2) is 42.9 Å². The molecule has 0 fully saturated rings. The Morgan fingerprint density at radius 1 is 1.32 bits per heavy atom. The number of ether oxygens (including phenoxy) is 1. The second-order valence-electron chi connectivity index (χ2n) is 5.56. The van der Waals surface area contributed by atoms with Crippen LogP contribution in [-0.4, -0.2) is 35.2 Å². The molecule has 2 aromatic rings. The summed E-state index contributed by atoms with van der Waals surface area (Å²) in [5, 5.41) is 2.90. The molecule has 1 N–H and O–H groups in total. The monoisotopic (exact) mass is 301 g/mol. The number of carbonyl (C=O) groups excluding carboxylic acids is 1. The largest absolute Gasteiger partial charge is 0.381 e. The summed E-state index contributed by atoms with van der Waals surface area (Å²) in [5.74, 6) is 0.417. The van der Waals surface area contributed by atoms with Crippen molar-refractivity contribution in [2.75, 3.05) is 19.8 Å². The maximum atomic E-state index is 12.2. The lowest BCUT2D eigenvalue weighted by molar-refractivity contribution is 0.0919. The molecule has 0 radical (unpaired) electrons. The first-order valence-corrected chi connectivity index (χ1v) is 7.62. The molecule has 0 saturated heterocycles. The molecule has 1 aromatic carbocycles. The molecule has 0 bridgehead atoms. The van der Waals surface area contributed by atoms with Crippen LogP contribution in [0.25, 0.3) is 5.69 Å². The van der Waals surface area contributed by atoms with E-state index in [0.29, 0.717) is 24.8 Å². The first-order chi connectivity index (χ1) is 10.7. The topological polar surface area (TPSA) is 56.1 Å². The fourth-order valence-corrected chi connectivity index (χ4v) is 2.04. The molecule has 5 nitrogen and oxygen atoms in total. The molecule has 5 heteroatoms. The minimum Gasteiger partial charge on any atom is -0.381 e. The highest BCUT2D eigenvalue weighted by molar-refractivity contribution is 5.92. The number of aromatic nitrogens is 2. The Bertz CT molecular complexity index is 579. The summed E-state index contributed by atoms with van der Waals surface area (Å²) in [6.07, 6.45) is 4.03. The van der Waals surface area contributed by atoms with E-state index in [-0.39, 0.29) is 5.91 Å². The number of imidazole rings is 1. The van der Waals surface area contributed by atoms with E-state index in [4.69, 9.17) is 4.74 Å². The Labute approximate surface area is 131 Å². The number of amides is 1. The quantitative estimate of drug-likeness (QED) is 0.763. The summed E-state index contributed by atoms with van der Waals surface area (Å²) in [6.45, 7) is 6.25. The lowest BCUT2D eigenvalue weighted by atomic mass is 10.2. The Kier molecular flexibility index (Phi) is 6.15.